The number of furan rings is 1. The molecule has 0 spiro atoms. The summed E-state index contributed by atoms with van der Waals surface area (Å²) in [5.41, 5.74) is 0. The fourth-order valence-electron chi connectivity index (χ4n) is 2.58. The van der Waals surface area contributed by atoms with Gasteiger partial charge in [0.2, 0.25) is 0 Å². The number of ether oxygens (including phenoxy) is 2. The number of likely N-dealkylation sites (tertiary alicyclic amines) is 1. The molecule has 0 radical (unpaired) electrons. The first-order valence-electron chi connectivity index (χ1n) is 7.26. The number of carbonyl (C=O) groups excluding carboxylic acids is 2. The van der Waals surface area contributed by atoms with Crippen LogP contribution in [0.5, 0.6) is 5.95 Å². The summed E-state index contributed by atoms with van der Waals surface area (Å²) >= 11 is 0. The van der Waals surface area contributed by atoms with Gasteiger partial charge in [0.15, 0.2) is 5.76 Å². The van der Waals surface area contributed by atoms with E-state index in [4.69, 9.17) is 13.9 Å². The molecule has 2 heterocycles. The minimum absolute atomic E-state index is 0.124. The number of hydrogen-bond donors (Lipinski definition) is 0. The Morgan fingerprint density at radius 1 is 1.38 bits per heavy atom. The second kappa shape index (κ2) is 7.15. The molecule has 1 aliphatic heterocycles. The topological polar surface area (TPSA) is 69.0 Å². The van der Waals surface area contributed by atoms with Crippen molar-refractivity contribution < 1.29 is 23.5 Å². The number of piperidine rings is 1. The average Bonchev–Trinajstić information content (AvgIpc) is 2.96. The lowest BCUT2D eigenvalue weighted by Crippen LogP contribution is -2.44. The van der Waals surface area contributed by atoms with Crippen molar-refractivity contribution in [3.8, 4) is 5.95 Å². The number of methoxy groups -OCH3 is 1. The predicted octanol–water partition coefficient (Wildman–Crippen LogP) is 2.24. The van der Waals surface area contributed by atoms with Gasteiger partial charge in [0.1, 0.15) is 0 Å². The van der Waals surface area contributed by atoms with Gasteiger partial charge in [-0.05, 0) is 32.3 Å². The monoisotopic (exact) mass is 295 g/mol. The third kappa shape index (κ3) is 3.77. The molecule has 0 bridgehead atoms. The normalized spacial score (nSPS) is 18.4. The van der Waals surface area contributed by atoms with E-state index in [1.807, 2.05) is 0 Å². The van der Waals surface area contributed by atoms with Gasteiger partial charge in [0.05, 0.1) is 20.1 Å². The predicted molar refractivity (Wildman–Crippen MR) is 75.2 cm³/mol. The van der Waals surface area contributed by atoms with E-state index < -0.39 is 0 Å². The smallest absolute Gasteiger partial charge is 0.307 e. The molecule has 1 amide bonds. The summed E-state index contributed by atoms with van der Waals surface area (Å²) in [6.45, 7) is 2.76. The van der Waals surface area contributed by atoms with E-state index in [0.29, 0.717) is 19.1 Å². The largest absolute Gasteiger partial charge is 0.468 e. The van der Waals surface area contributed by atoms with E-state index in [9.17, 15) is 9.59 Å². The van der Waals surface area contributed by atoms with Crippen molar-refractivity contribution in [2.24, 2.45) is 0 Å². The molecule has 1 unspecified atom stereocenters. The summed E-state index contributed by atoms with van der Waals surface area (Å²) < 4.78 is 15.2. The molecule has 1 saturated heterocycles. The van der Waals surface area contributed by atoms with E-state index in [0.717, 1.165) is 19.3 Å². The Hall–Kier alpha value is -1.98. The standard InChI is InChI=1S/C15H21NO5/c1-3-20-13(17)10-11-6-4-5-9-16(11)15(18)12-7-8-14(19-2)21-12/h7-8,11H,3-6,9-10H2,1-2H3. The summed E-state index contributed by atoms with van der Waals surface area (Å²) in [6, 6.07) is 3.08. The molecule has 21 heavy (non-hydrogen) atoms. The fourth-order valence-corrected chi connectivity index (χ4v) is 2.58. The molecular formula is C15H21NO5. The summed E-state index contributed by atoms with van der Waals surface area (Å²) in [5.74, 6) is 0.0754. The Labute approximate surface area is 124 Å². The number of nitrogens with zero attached hydrogens (tertiary/aromatic N) is 1. The molecule has 1 aliphatic rings. The van der Waals surface area contributed by atoms with Crippen LogP contribution in [-0.2, 0) is 9.53 Å². The Morgan fingerprint density at radius 3 is 2.86 bits per heavy atom. The Balaban J connectivity index is 2.06. The summed E-state index contributed by atoms with van der Waals surface area (Å²) in [4.78, 5) is 25.9. The molecule has 1 aromatic rings. The fraction of sp³-hybridized carbons (Fsp3) is 0.600. The zero-order valence-electron chi connectivity index (χ0n) is 12.5. The van der Waals surface area contributed by atoms with E-state index in [1.165, 1.54) is 7.11 Å². The summed E-state index contributed by atoms with van der Waals surface area (Å²) in [7, 11) is 1.48. The van der Waals surface area contributed by atoms with Gasteiger partial charge < -0.3 is 18.8 Å². The van der Waals surface area contributed by atoms with Crippen LogP contribution in [0.3, 0.4) is 0 Å². The third-order valence-corrected chi connectivity index (χ3v) is 3.59. The first-order chi connectivity index (χ1) is 10.2. The molecule has 6 nitrogen and oxygen atoms in total. The maximum atomic E-state index is 12.5. The van der Waals surface area contributed by atoms with E-state index in [1.54, 1.807) is 24.0 Å². The molecule has 1 aromatic heterocycles. The van der Waals surface area contributed by atoms with Gasteiger partial charge >= 0.3 is 5.97 Å². The SMILES string of the molecule is CCOC(=O)CC1CCCCN1C(=O)c1ccc(OC)o1. The molecule has 1 atom stereocenters. The Morgan fingerprint density at radius 2 is 2.19 bits per heavy atom. The van der Waals surface area contributed by atoms with Crippen LogP contribution in [0.1, 0.15) is 43.2 Å². The van der Waals surface area contributed by atoms with Crippen LogP contribution < -0.4 is 4.74 Å². The molecule has 0 saturated carbocycles. The highest BCUT2D eigenvalue weighted by molar-refractivity contribution is 5.92. The second-order valence-corrected chi connectivity index (χ2v) is 4.98. The maximum Gasteiger partial charge on any atom is 0.307 e. The van der Waals surface area contributed by atoms with Crippen LogP contribution in [-0.4, -0.2) is 43.1 Å². The lowest BCUT2D eigenvalue weighted by atomic mass is 9.99. The van der Waals surface area contributed by atoms with Crippen molar-refractivity contribution in [1.82, 2.24) is 4.90 Å². The number of carbonyl (C=O) groups is 2. The van der Waals surface area contributed by atoms with Crippen molar-refractivity contribution in [3.05, 3.63) is 17.9 Å². The maximum absolute atomic E-state index is 12.5. The Bertz CT molecular complexity index is 496. The van der Waals surface area contributed by atoms with E-state index >= 15 is 0 Å². The van der Waals surface area contributed by atoms with E-state index in [2.05, 4.69) is 0 Å². The van der Waals surface area contributed by atoms with Crippen LogP contribution >= 0.6 is 0 Å². The molecule has 0 aromatic carbocycles. The van der Waals surface area contributed by atoms with Crippen LogP contribution in [0, 0.1) is 0 Å². The zero-order valence-corrected chi connectivity index (χ0v) is 12.5. The van der Waals surface area contributed by atoms with Crippen molar-refractivity contribution in [3.63, 3.8) is 0 Å². The van der Waals surface area contributed by atoms with Gasteiger partial charge in [-0.1, -0.05) is 0 Å². The molecule has 0 N–H and O–H groups in total. The van der Waals surface area contributed by atoms with Crippen molar-refractivity contribution in [1.29, 1.82) is 0 Å². The number of amides is 1. The zero-order chi connectivity index (χ0) is 15.2. The lowest BCUT2D eigenvalue weighted by molar-refractivity contribution is -0.144. The van der Waals surface area contributed by atoms with Gasteiger partial charge in [0, 0.05) is 18.7 Å². The number of esters is 1. The first-order valence-corrected chi connectivity index (χ1v) is 7.26. The molecule has 116 valence electrons. The Kier molecular flexibility index (Phi) is 5.25. The summed E-state index contributed by atoms with van der Waals surface area (Å²) in [6.07, 6.45) is 2.98. The highest BCUT2D eigenvalue weighted by Crippen LogP contribution is 2.24. The van der Waals surface area contributed by atoms with Crippen molar-refractivity contribution in [2.75, 3.05) is 20.3 Å². The van der Waals surface area contributed by atoms with Crippen molar-refractivity contribution in [2.45, 2.75) is 38.6 Å². The van der Waals surface area contributed by atoms with Gasteiger partial charge in [0.25, 0.3) is 11.9 Å². The molecular weight excluding hydrogens is 274 g/mol. The second-order valence-electron chi connectivity index (χ2n) is 4.98. The first kappa shape index (κ1) is 15.4. The lowest BCUT2D eigenvalue weighted by Gasteiger charge is -2.34. The number of hydrogen-bond acceptors (Lipinski definition) is 5. The minimum Gasteiger partial charge on any atom is -0.468 e. The van der Waals surface area contributed by atoms with Gasteiger partial charge in [-0.15, -0.1) is 0 Å². The molecule has 0 aliphatic carbocycles. The van der Waals surface area contributed by atoms with E-state index in [-0.39, 0.29) is 30.1 Å². The van der Waals surface area contributed by atoms with Gasteiger partial charge in [-0.25, -0.2) is 0 Å². The summed E-state index contributed by atoms with van der Waals surface area (Å²) in [5, 5.41) is 0. The van der Waals surface area contributed by atoms with Gasteiger partial charge in [-0.3, -0.25) is 9.59 Å². The van der Waals surface area contributed by atoms with Gasteiger partial charge in [-0.2, -0.15) is 0 Å². The molecule has 6 heteroatoms. The van der Waals surface area contributed by atoms with Crippen LogP contribution in [0.15, 0.2) is 16.5 Å². The average molecular weight is 295 g/mol. The van der Waals surface area contributed by atoms with Crippen LogP contribution in [0.2, 0.25) is 0 Å². The molecule has 2 rings (SSSR count). The highest BCUT2D eigenvalue weighted by atomic mass is 16.6. The van der Waals surface area contributed by atoms with Crippen LogP contribution in [0.4, 0.5) is 0 Å². The van der Waals surface area contributed by atoms with Crippen molar-refractivity contribution >= 4 is 11.9 Å². The quantitative estimate of drug-likeness (QED) is 0.779. The third-order valence-electron chi connectivity index (χ3n) is 3.59. The minimum atomic E-state index is -0.265. The molecule has 1 fully saturated rings. The highest BCUT2D eigenvalue weighted by Gasteiger charge is 2.31. The number of rotatable bonds is 5. The van der Waals surface area contributed by atoms with Crippen LogP contribution in [0.25, 0.3) is 0 Å².